The first kappa shape index (κ1) is 10.0. The molecule has 0 aromatic rings. The van der Waals surface area contributed by atoms with Gasteiger partial charge in [0.25, 0.3) is 0 Å². The fraction of sp³-hybridized carbons (Fsp3) is 1.00. The molecule has 0 aromatic heterocycles. The highest BCUT2D eigenvalue weighted by Gasteiger charge is 2.28. The summed E-state index contributed by atoms with van der Waals surface area (Å²) in [5, 5.41) is 9.46. The second-order valence-electron chi connectivity index (χ2n) is 3.77. The van der Waals surface area contributed by atoms with E-state index in [9.17, 15) is 5.11 Å². The number of unbranched alkanes of at least 4 members (excludes halogenated alkanes) is 1. The number of nitrogens with zero attached hydrogens (tertiary/aromatic N) is 1. The topological polar surface area (TPSA) is 23.5 Å². The molecular formula is C10H21NO. The zero-order valence-electron chi connectivity index (χ0n) is 8.29. The minimum absolute atomic E-state index is 0.0631. The molecule has 0 radical (unpaired) electrons. The smallest absolute Gasteiger partial charge is 0.0682 e. The zero-order chi connectivity index (χ0) is 8.97. The molecule has 0 aromatic carbocycles. The lowest BCUT2D eigenvalue weighted by atomic mass is 10.1. The Morgan fingerprint density at radius 2 is 2.17 bits per heavy atom. The standard InChI is InChI=1S/C10H21NO/c1-3-5-6-9-7-10(12)8-11(9)4-2/h9-10,12H,3-8H2,1-2H3. The molecule has 0 saturated carbocycles. The Labute approximate surface area is 75.6 Å². The molecule has 0 spiro atoms. The molecule has 2 nitrogen and oxygen atoms in total. The third-order valence-corrected chi connectivity index (χ3v) is 2.80. The largest absolute Gasteiger partial charge is 0.392 e. The molecule has 1 aliphatic heterocycles. The summed E-state index contributed by atoms with van der Waals surface area (Å²) >= 11 is 0. The van der Waals surface area contributed by atoms with Gasteiger partial charge in [-0.2, -0.15) is 0 Å². The van der Waals surface area contributed by atoms with Gasteiger partial charge in [-0.1, -0.05) is 26.7 Å². The number of likely N-dealkylation sites (N-methyl/N-ethyl adjacent to an activating group) is 1. The summed E-state index contributed by atoms with van der Waals surface area (Å²) in [5.74, 6) is 0. The van der Waals surface area contributed by atoms with Gasteiger partial charge >= 0.3 is 0 Å². The number of hydrogen-bond donors (Lipinski definition) is 1. The van der Waals surface area contributed by atoms with E-state index in [1.807, 2.05) is 0 Å². The van der Waals surface area contributed by atoms with Gasteiger partial charge in [0, 0.05) is 12.6 Å². The number of aliphatic hydroxyl groups excluding tert-OH is 1. The van der Waals surface area contributed by atoms with E-state index in [-0.39, 0.29) is 6.10 Å². The van der Waals surface area contributed by atoms with Crippen LogP contribution >= 0.6 is 0 Å². The maximum atomic E-state index is 9.46. The van der Waals surface area contributed by atoms with Crippen molar-refractivity contribution in [3.8, 4) is 0 Å². The predicted molar refractivity (Wildman–Crippen MR) is 51.2 cm³/mol. The SMILES string of the molecule is CCCCC1CC(O)CN1CC. The van der Waals surface area contributed by atoms with E-state index >= 15 is 0 Å². The van der Waals surface area contributed by atoms with Gasteiger partial charge in [0.2, 0.25) is 0 Å². The summed E-state index contributed by atoms with van der Waals surface area (Å²) in [5.41, 5.74) is 0. The quantitative estimate of drug-likeness (QED) is 0.695. The number of likely N-dealkylation sites (tertiary alicyclic amines) is 1. The van der Waals surface area contributed by atoms with Crippen molar-refractivity contribution in [1.29, 1.82) is 0 Å². The van der Waals surface area contributed by atoms with Crippen LogP contribution in [0.1, 0.15) is 39.5 Å². The lowest BCUT2D eigenvalue weighted by molar-refractivity contribution is 0.177. The Bertz CT molecular complexity index is 127. The molecule has 1 rings (SSSR count). The summed E-state index contributed by atoms with van der Waals surface area (Å²) in [4.78, 5) is 2.40. The molecule has 0 bridgehead atoms. The van der Waals surface area contributed by atoms with Gasteiger partial charge in [-0.25, -0.2) is 0 Å². The number of aliphatic hydroxyl groups is 1. The van der Waals surface area contributed by atoms with Crippen LogP contribution in [0.3, 0.4) is 0 Å². The Hall–Kier alpha value is -0.0800. The van der Waals surface area contributed by atoms with Crippen molar-refractivity contribution in [2.45, 2.75) is 51.7 Å². The summed E-state index contributed by atoms with van der Waals surface area (Å²) in [6.45, 7) is 6.38. The number of rotatable bonds is 4. The fourth-order valence-corrected chi connectivity index (χ4v) is 2.08. The molecule has 0 aliphatic carbocycles. The molecule has 1 saturated heterocycles. The van der Waals surface area contributed by atoms with E-state index in [0.717, 1.165) is 19.5 Å². The van der Waals surface area contributed by atoms with E-state index in [1.54, 1.807) is 0 Å². The fourth-order valence-electron chi connectivity index (χ4n) is 2.08. The summed E-state index contributed by atoms with van der Waals surface area (Å²) in [7, 11) is 0. The van der Waals surface area contributed by atoms with Crippen LogP contribution in [0.25, 0.3) is 0 Å². The highest BCUT2D eigenvalue weighted by Crippen LogP contribution is 2.21. The maximum absolute atomic E-state index is 9.46. The van der Waals surface area contributed by atoms with Gasteiger partial charge in [-0.15, -0.1) is 0 Å². The van der Waals surface area contributed by atoms with Crippen LogP contribution in [0.4, 0.5) is 0 Å². The molecule has 12 heavy (non-hydrogen) atoms. The lowest BCUT2D eigenvalue weighted by Gasteiger charge is -2.21. The van der Waals surface area contributed by atoms with E-state index in [0.29, 0.717) is 6.04 Å². The van der Waals surface area contributed by atoms with Crippen LogP contribution in [0.2, 0.25) is 0 Å². The summed E-state index contributed by atoms with van der Waals surface area (Å²) < 4.78 is 0. The van der Waals surface area contributed by atoms with Crippen LogP contribution < -0.4 is 0 Å². The first-order valence-corrected chi connectivity index (χ1v) is 5.20. The highest BCUT2D eigenvalue weighted by atomic mass is 16.3. The molecule has 2 unspecified atom stereocenters. The van der Waals surface area contributed by atoms with E-state index in [1.165, 1.54) is 19.3 Å². The van der Waals surface area contributed by atoms with E-state index in [4.69, 9.17) is 0 Å². The van der Waals surface area contributed by atoms with Crippen LogP contribution in [-0.4, -0.2) is 35.2 Å². The first-order chi connectivity index (χ1) is 5.77. The van der Waals surface area contributed by atoms with Gasteiger partial charge in [0.15, 0.2) is 0 Å². The highest BCUT2D eigenvalue weighted by molar-refractivity contribution is 4.83. The maximum Gasteiger partial charge on any atom is 0.0682 e. The first-order valence-electron chi connectivity index (χ1n) is 5.20. The number of hydrogen-bond acceptors (Lipinski definition) is 2. The summed E-state index contributed by atoms with van der Waals surface area (Å²) in [6.07, 6.45) is 4.76. The number of β-amino-alcohol motifs (C(OH)–C–C–N with tert-alkyl or cyclic N) is 1. The second-order valence-corrected chi connectivity index (χ2v) is 3.77. The van der Waals surface area contributed by atoms with Gasteiger partial charge in [0.05, 0.1) is 6.10 Å². The van der Waals surface area contributed by atoms with Gasteiger partial charge in [0.1, 0.15) is 0 Å². The summed E-state index contributed by atoms with van der Waals surface area (Å²) in [6, 6.07) is 0.657. The van der Waals surface area contributed by atoms with Crippen LogP contribution in [0.15, 0.2) is 0 Å². The van der Waals surface area contributed by atoms with Crippen LogP contribution in [0, 0.1) is 0 Å². The minimum atomic E-state index is -0.0631. The Kier molecular flexibility index (Phi) is 4.02. The van der Waals surface area contributed by atoms with Crippen molar-refractivity contribution < 1.29 is 5.11 Å². The lowest BCUT2D eigenvalue weighted by Crippen LogP contribution is -2.29. The average molecular weight is 171 g/mol. The van der Waals surface area contributed by atoms with Crippen molar-refractivity contribution in [3.05, 3.63) is 0 Å². The van der Waals surface area contributed by atoms with Crippen molar-refractivity contribution in [1.82, 2.24) is 4.90 Å². The molecule has 1 aliphatic rings. The molecule has 1 N–H and O–H groups in total. The van der Waals surface area contributed by atoms with Gasteiger partial charge in [-0.3, -0.25) is 4.90 Å². The molecular weight excluding hydrogens is 150 g/mol. The Balaban J connectivity index is 2.30. The molecule has 2 heteroatoms. The van der Waals surface area contributed by atoms with Crippen LogP contribution in [-0.2, 0) is 0 Å². The zero-order valence-corrected chi connectivity index (χ0v) is 8.29. The monoisotopic (exact) mass is 171 g/mol. The molecule has 72 valence electrons. The third kappa shape index (κ3) is 2.46. The molecule has 1 heterocycles. The second kappa shape index (κ2) is 4.83. The van der Waals surface area contributed by atoms with Crippen molar-refractivity contribution >= 4 is 0 Å². The van der Waals surface area contributed by atoms with Crippen molar-refractivity contribution in [2.75, 3.05) is 13.1 Å². The third-order valence-electron chi connectivity index (χ3n) is 2.80. The molecule has 2 atom stereocenters. The van der Waals surface area contributed by atoms with Crippen molar-refractivity contribution in [3.63, 3.8) is 0 Å². The Morgan fingerprint density at radius 3 is 2.75 bits per heavy atom. The van der Waals surface area contributed by atoms with E-state index < -0.39 is 0 Å². The minimum Gasteiger partial charge on any atom is -0.392 e. The van der Waals surface area contributed by atoms with Gasteiger partial charge in [-0.05, 0) is 19.4 Å². The normalized spacial score (nSPS) is 31.2. The van der Waals surface area contributed by atoms with Crippen LogP contribution in [0.5, 0.6) is 0 Å². The average Bonchev–Trinajstić information content (AvgIpc) is 2.42. The van der Waals surface area contributed by atoms with Crippen molar-refractivity contribution in [2.24, 2.45) is 0 Å². The van der Waals surface area contributed by atoms with Gasteiger partial charge < -0.3 is 5.11 Å². The molecule has 0 amide bonds. The Morgan fingerprint density at radius 1 is 1.42 bits per heavy atom. The molecule has 1 fully saturated rings. The predicted octanol–water partition coefficient (Wildman–Crippen LogP) is 1.63. The van der Waals surface area contributed by atoms with E-state index in [2.05, 4.69) is 18.7 Å².